The second-order valence-corrected chi connectivity index (χ2v) is 4.61. The zero-order valence-corrected chi connectivity index (χ0v) is 10.8. The minimum Gasteiger partial charge on any atom is -0.369 e. The Kier molecular flexibility index (Phi) is 2.65. The van der Waals surface area contributed by atoms with Crippen molar-refractivity contribution in [3.8, 4) is 11.8 Å². The minimum atomic E-state index is -0.335. The fourth-order valence-electron chi connectivity index (χ4n) is 2.28. The molecule has 20 heavy (non-hydrogen) atoms. The summed E-state index contributed by atoms with van der Waals surface area (Å²) in [5.41, 5.74) is 9.17. The summed E-state index contributed by atoms with van der Waals surface area (Å²) in [5, 5.41) is 8.98. The van der Waals surface area contributed by atoms with Crippen LogP contribution in [0.3, 0.4) is 0 Å². The molecule has 0 spiro atoms. The largest absolute Gasteiger partial charge is 0.369 e. The van der Waals surface area contributed by atoms with E-state index in [1.165, 1.54) is 12.1 Å². The molecule has 0 fully saturated rings. The van der Waals surface area contributed by atoms with Crippen LogP contribution in [0.5, 0.6) is 0 Å². The molecule has 3 rings (SSSR count). The van der Waals surface area contributed by atoms with Crippen LogP contribution in [0.4, 0.5) is 10.3 Å². The zero-order chi connectivity index (χ0) is 14.3. The second-order valence-electron chi connectivity index (χ2n) is 4.61. The number of nitriles is 1. The normalized spacial score (nSPS) is 10.7. The van der Waals surface area contributed by atoms with Crippen LogP contribution < -0.4 is 5.73 Å². The van der Waals surface area contributed by atoms with Crippen LogP contribution in [0, 0.1) is 24.1 Å². The number of nitrogens with two attached hydrogens (primary N) is 1. The van der Waals surface area contributed by atoms with E-state index in [0.717, 1.165) is 5.56 Å². The van der Waals surface area contributed by atoms with Gasteiger partial charge in [0.05, 0.1) is 28.4 Å². The maximum absolute atomic E-state index is 13.6. The second kappa shape index (κ2) is 4.35. The number of fused-ring (bicyclic) bond motifs is 1. The van der Waals surface area contributed by atoms with Crippen LogP contribution >= 0.6 is 0 Å². The van der Waals surface area contributed by atoms with E-state index in [9.17, 15) is 4.39 Å². The number of nitrogen functional groups attached to an aromatic ring is 1. The number of rotatable bonds is 1. The van der Waals surface area contributed by atoms with E-state index in [-0.39, 0.29) is 11.8 Å². The summed E-state index contributed by atoms with van der Waals surface area (Å²) in [4.78, 5) is 4.23. The number of aryl methyl sites for hydroxylation is 1. The van der Waals surface area contributed by atoms with E-state index < -0.39 is 0 Å². The number of aromatic nitrogens is 2. The minimum absolute atomic E-state index is 0.264. The molecule has 3 aromatic rings. The highest BCUT2D eigenvalue weighted by atomic mass is 19.1. The summed E-state index contributed by atoms with van der Waals surface area (Å²) >= 11 is 0. The molecule has 0 atom stereocenters. The molecule has 0 aliphatic heterocycles. The molecule has 2 aromatic carbocycles. The van der Waals surface area contributed by atoms with Gasteiger partial charge in [0.2, 0.25) is 5.95 Å². The Morgan fingerprint density at radius 2 is 2.05 bits per heavy atom. The molecule has 1 heterocycles. The van der Waals surface area contributed by atoms with E-state index in [1.54, 1.807) is 22.8 Å². The number of benzene rings is 2. The lowest BCUT2D eigenvalue weighted by atomic mass is 10.2. The number of hydrogen-bond acceptors (Lipinski definition) is 3. The average Bonchev–Trinajstić information content (AvgIpc) is 2.72. The maximum Gasteiger partial charge on any atom is 0.205 e. The standard InChI is InChI=1S/C15H11FN4/c1-9-4-11(16)7-12(5-9)20-14-6-10(8-17)2-3-13(14)19-15(20)18/h2-7H,1H3,(H2,18,19). The molecule has 1 aromatic heterocycles. The van der Waals surface area contributed by atoms with Crippen LogP contribution in [0.1, 0.15) is 11.1 Å². The molecular formula is C15H11FN4. The lowest BCUT2D eigenvalue weighted by Crippen LogP contribution is -2.01. The topological polar surface area (TPSA) is 67.6 Å². The molecule has 0 saturated heterocycles. The zero-order valence-electron chi connectivity index (χ0n) is 10.8. The van der Waals surface area contributed by atoms with Crippen molar-refractivity contribution in [1.82, 2.24) is 9.55 Å². The van der Waals surface area contributed by atoms with Gasteiger partial charge in [-0.15, -0.1) is 0 Å². The molecule has 0 unspecified atom stereocenters. The highest BCUT2D eigenvalue weighted by Gasteiger charge is 2.11. The smallest absolute Gasteiger partial charge is 0.205 e. The third-order valence-electron chi connectivity index (χ3n) is 3.09. The maximum atomic E-state index is 13.6. The third kappa shape index (κ3) is 1.88. The van der Waals surface area contributed by atoms with Gasteiger partial charge in [-0.25, -0.2) is 9.37 Å². The summed E-state index contributed by atoms with van der Waals surface area (Å²) in [6.45, 7) is 1.81. The Morgan fingerprint density at radius 3 is 2.75 bits per heavy atom. The molecule has 0 bridgehead atoms. The summed E-state index contributed by atoms with van der Waals surface area (Å²) in [6, 6.07) is 11.8. The van der Waals surface area contributed by atoms with Crippen molar-refractivity contribution in [2.45, 2.75) is 6.92 Å². The van der Waals surface area contributed by atoms with Crippen LogP contribution in [-0.4, -0.2) is 9.55 Å². The molecule has 0 radical (unpaired) electrons. The fourth-order valence-corrected chi connectivity index (χ4v) is 2.28. The Hall–Kier alpha value is -2.87. The third-order valence-corrected chi connectivity index (χ3v) is 3.09. The van der Waals surface area contributed by atoms with Crippen molar-refractivity contribution in [3.05, 3.63) is 53.3 Å². The molecule has 0 aliphatic rings. The lowest BCUT2D eigenvalue weighted by Gasteiger charge is -2.08. The van der Waals surface area contributed by atoms with Crippen molar-refractivity contribution in [3.63, 3.8) is 0 Å². The first-order chi connectivity index (χ1) is 9.58. The first-order valence-electron chi connectivity index (χ1n) is 6.04. The average molecular weight is 266 g/mol. The van der Waals surface area contributed by atoms with Crippen LogP contribution in [0.25, 0.3) is 16.7 Å². The molecule has 0 amide bonds. The number of halogens is 1. The quantitative estimate of drug-likeness (QED) is 0.736. The first kappa shape index (κ1) is 12.2. The summed E-state index contributed by atoms with van der Waals surface area (Å²) in [7, 11) is 0. The Morgan fingerprint density at radius 1 is 1.25 bits per heavy atom. The monoisotopic (exact) mass is 266 g/mol. The van der Waals surface area contributed by atoms with Gasteiger partial charge in [-0.3, -0.25) is 4.57 Å². The number of nitrogens with zero attached hydrogens (tertiary/aromatic N) is 3. The van der Waals surface area contributed by atoms with Crippen LogP contribution in [-0.2, 0) is 0 Å². The molecule has 98 valence electrons. The van der Waals surface area contributed by atoms with Crippen molar-refractivity contribution in [2.75, 3.05) is 5.73 Å². The molecule has 2 N–H and O–H groups in total. The first-order valence-corrected chi connectivity index (χ1v) is 6.04. The van der Waals surface area contributed by atoms with Crippen molar-refractivity contribution in [2.24, 2.45) is 0 Å². The molecule has 5 heteroatoms. The van der Waals surface area contributed by atoms with Gasteiger partial charge in [0, 0.05) is 0 Å². The molecular weight excluding hydrogens is 255 g/mol. The predicted octanol–water partition coefficient (Wildman–Crippen LogP) is 2.93. The van der Waals surface area contributed by atoms with E-state index in [1.807, 2.05) is 13.0 Å². The van der Waals surface area contributed by atoms with Crippen molar-refractivity contribution < 1.29 is 4.39 Å². The van der Waals surface area contributed by atoms with Crippen LogP contribution in [0.15, 0.2) is 36.4 Å². The highest BCUT2D eigenvalue weighted by molar-refractivity contribution is 5.82. The number of hydrogen-bond donors (Lipinski definition) is 1. The Balaban J connectivity index is 2.35. The lowest BCUT2D eigenvalue weighted by molar-refractivity contribution is 0.625. The van der Waals surface area contributed by atoms with Gasteiger partial charge in [-0.05, 0) is 48.9 Å². The van der Waals surface area contributed by atoms with Gasteiger partial charge in [0.25, 0.3) is 0 Å². The molecule has 4 nitrogen and oxygen atoms in total. The van der Waals surface area contributed by atoms with Gasteiger partial charge in [-0.2, -0.15) is 5.26 Å². The summed E-state index contributed by atoms with van der Waals surface area (Å²) < 4.78 is 15.2. The highest BCUT2D eigenvalue weighted by Crippen LogP contribution is 2.25. The van der Waals surface area contributed by atoms with E-state index >= 15 is 0 Å². The van der Waals surface area contributed by atoms with Gasteiger partial charge in [0.1, 0.15) is 5.82 Å². The van der Waals surface area contributed by atoms with Gasteiger partial charge in [-0.1, -0.05) is 0 Å². The number of anilines is 1. The van der Waals surface area contributed by atoms with Crippen molar-refractivity contribution in [1.29, 1.82) is 5.26 Å². The summed E-state index contributed by atoms with van der Waals surface area (Å²) in [5.74, 6) is -0.0715. The van der Waals surface area contributed by atoms with E-state index in [4.69, 9.17) is 11.0 Å². The number of imidazole rings is 1. The van der Waals surface area contributed by atoms with Crippen LogP contribution in [0.2, 0.25) is 0 Å². The Labute approximate surface area is 114 Å². The van der Waals surface area contributed by atoms with Gasteiger partial charge < -0.3 is 5.73 Å². The SMILES string of the molecule is Cc1cc(F)cc(-n2c(N)nc3ccc(C#N)cc32)c1. The summed E-state index contributed by atoms with van der Waals surface area (Å²) in [6.07, 6.45) is 0. The van der Waals surface area contributed by atoms with Crippen molar-refractivity contribution >= 4 is 17.0 Å². The van der Waals surface area contributed by atoms with E-state index in [2.05, 4.69) is 11.1 Å². The Bertz CT molecular complexity index is 838. The molecule has 0 aliphatic carbocycles. The van der Waals surface area contributed by atoms with Gasteiger partial charge in [0.15, 0.2) is 0 Å². The van der Waals surface area contributed by atoms with E-state index in [0.29, 0.717) is 22.3 Å². The predicted molar refractivity (Wildman–Crippen MR) is 74.9 cm³/mol. The molecule has 0 saturated carbocycles. The van der Waals surface area contributed by atoms with Gasteiger partial charge >= 0.3 is 0 Å². The fraction of sp³-hybridized carbons (Fsp3) is 0.0667.